The van der Waals surface area contributed by atoms with Gasteiger partial charge in [-0.25, -0.2) is 0 Å². The molecular weight excluding hydrogens is 248 g/mol. The van der Waals surface area contributed by atoms with Crippen molar-refractivity contribution in [3.05, 3.63) is 45.0 Å². The highest BCUT2D eigenvalue weighted by Crippen LogP contribution is 2.31. The van der Waals surface area contributed by atoms with Crippen LogP contribution >= 0.6 is 12.2 Å². The average Bonchev–Trinajstić information content (AvgIpc) is 2.66. The maximum atomic E-state index is 11.4. The second-order valence-corrected chi connectivity index (χ2v) is 4.86. The normalized spacial score (nSPS) is 17.3. The van der Waals surface area contributed by atoms with Crippen LogP contribution in [-0.2, 0) is 6.42 Å². The molecule has 2 N–H and O–H groups in total. The average molecular weight is 260 g/mol. The molecule has 1 atom stereocenters. The predicted octanol–water partition coefficient (Wildman–Crippen LogP) is 2.42. The fraction of sp³-hybridized carbons (Fsp3) is 0.231. The van der Waals surface area contributed by atoms with E-state index in [9.17, 15) is 4.79 Å². The summed E-state index contributed by atoms with van der Waals surface area (Å²) < 4.78 is 5.98. The lowest BCUT2D eigenvalue weighted by atomic mass is 10.0. The van der Waals surface area contributed by atoms with Crippen LogP contribution in [-0.4, -0.2) is 16.1 Å². The zero-order valence-corrected chi connectivity index (χ0v) is 10.6. The Morgan fingerprint density at radius 1 is 1.33 bits per heavy atom. The van der Waals surface area contributed by atoms with Crippen LogP contribution in [0.3, 0.4) is 0 Å². The van der Waals surface area contributed by atoms with Gasteiger partial charge >= 0.3 is 0 Å². The fourth-order valence-corrected chi connectivity index (χ4v) is 2.42. The van der Waals surface area contributed by atoms with E-state index in [0.717, 1.165) is 23.4 Å². The van der Waals surface area contributed by atoms with Crippen LogP contribution in [0.5, 0.6) is 5.75 Å². The summed E-state index contributed by atoms with van der Waals surface area (Å²) in [6.07, 6.45) is 1.11. The summed E-state index contributed by atoms with van der Waals surface area (Å²) in [4.78, 5) is 16.9. The van der Waals surface area contributed by atoms with Gasteiger partial charge in [0.15, 0.2) is 4.77 Å². The summed E-state index contributed by atoms with van der Waals surface area (Å²) in [6.45, 7) is 2.04. The van der Waals surface area contributed by atoms with E-state index in [4.69, 9.17) is 17.0 Å². The van der Waals surface area contributed by atoms with E-state index in [1.807, 2.05) is 25.1 Å². The van der Waals surface area contributed by atoms with Crippen LogP contribution in [0.4, 0.5) is 0 Å². The SMILES string of the molecule is CC1Cc2cc(-c3cc(=O)[nH]c(=S)[nH]3)ccc2O1. The first-order chi connectivity index (χ1) is 8.61. The molecule has 3 rings (SSSR count). The van der Waals surface area contributed by atoms with Crippen molar-refractivity contribution >= 4 is 12.2 Å². The molecule has 5 heteroatoms. The minimum atomic E-state index is -0.195. The van der Waals surface area contributed by atoms with Crippen LogP contribution in [0.2, 0.25) is 0 Å². The summed E-state index contributed by atoms with van der Waals surface area (Å²) in [6, 6.07) is 7.42. The van der Waals surface area contributed by atoms with Gasteiger partial charge in [-0.3, -0.25) is 9.78 Å². The smallest absolute Gasteiger partial charge is 0.252 e. The van der Waals surface area contributed by atoms with E-state index in [-0.39, 0.29) is 11.7 Å². The quantitative estimate of drug-likeness (QED) is 0.774. The van der Waals surface area contributed by atoms with E-state index >= 15 is 0 Å². The summed E-state index contributed by atoms with van der Waals surface area (Å²) in [5.41, 5.74) is 2.65. The van der Waals surface area contributed by atoms with Crippen LogP contribution in [0, 0.1) is 4.77 Å². The molecular formula is C13H12N2O2S. The van der Waals surface area contributed by atoms with Gasteiger partial charge in [0.1, 0.15) is 11.9 Å². The molecule has 0 radical (unpaired) electrons. The van der Waals surface area contributed by atoms with Gasteiger partial charge in [-0.1, -0.05) is 0 Å². The highest BCUT2D eigenvalue weighted by molar-refractivity contribution is 7.71. The molecule has 0 saturated carbocycles. The molecule has 0 aliphatic carbocycles. The third-order valence-electron chi connectivity index (χ3n) is 2.97. The van der Waals surface area contributed by atoms with Gasteiger partial charge in [0.2, 0.25) is 0 Å². The van der Waals surface area contributed by atoms with Crippen LogP contribution in [0.1, 0.15) is 12.5 Å². The lowest BCUT2D eigenvalue weighted by molar-refractivity contribution is 0.254. The third kappa shape index (κ3) is 1.97. The van der Waals surface area contributed by atoms with E-state index < -0.39 is 0 Å². The van der Waals surface area contributed by atoms with E-state index in [0.29, 0.717) is 4.77 Å². The lowest BCUT2D eigenvalue weighted by Crippen LogP contribution is -2.06. The first kappa shape index (κ1) is 11.2. The second kappa shape index (κ2) is 4.10. The zero-order valence-electron chi connectivity index (χ0n) is 9.82. The number of rotatable bonds is 1. The van der Waals surface area contributed by atoms with Gasteiger partial charge in [0, 0.05) is 12.5 Å². The van der Waals surface area contributed by atoms with Crippen molar-refractivity contribution in [3.8, 4) is 17.0 Å². The summed E-state index contributed by atoms with van der Waals surface area (Å²) in [5.74, 6) is 0.926. The molecule has 1 unspecified atom stereocenters. The molecule has 0 spiro atoms. The van der Waals surface area contributed by atoms with Crippen molar-refractivity contribution < 1.29 is 4.74 Å². The first-order valence-electron chi connectivity index (χ1n) is 5.75. The lowest BCUT2D eigenvalue weighted by Gasteiger charge is -2.04. The number of fused-ring (bicyclic) bond motifs is 1. The van der Waals surface area contributed by atoms with E-state index in [1.165, 1.54) is 11.6 Å². The molecule has 0 fully saturated rings. The molecule has 0 saturated heterocycles. The zero-order chi connectivity index (χ0) is 12.7. The van der Waals surface area contributed by atoms with Crippen LogP contribution in [0.15, 0.2) is 29.1 Å². The minimum absolute atomic E-state index is 0.195. The largest absolute Gasteiger partial charge is 0.490 e. The van der Waals surface area contributed by atoms with Gasteiger partial charge in [0.05, 0.1) is 5.69 Å². The Morgan fingerprint density at radius 2 is 2.17 bits per heavy atom. The van der Waals surface area contributed by atoms with Crippen molar-refractivity contribution in [1.29, 1.82) is 0 Å². The highest BCUT2D eigenvalue weighted by atomic mass is 32.1. The van der Waals surface area contributed by atoms with E-state index in [1.54, 1.807) is 0 Å². The van der Waals surface area contributed by atoms with Crippen molar-refractivity contribution in [1.82, 2.24) is 9.97 Å². The second-order valence-electron chi connectivity index (χ2n) is 4.46. The summed E-state index contributed by atoms with van der Waals surface area (Å²) >= 11 is 4.97. The van der Waals surface area contributed by atoms with Gasteiger partial charge in [-0.2, -0.15) is 0 Å². The number of hydrogen-bond donors (Lipinski definition) is 2. The van der Waals surface area contributed by atoms with Gasteiger partial charge < -0.3 is 9.72 Å². The Hall–Kier alpha value is -1.88. The Kier molecular flexibility index (Phi) is 2.56. The van der Waals surface area contributed by atoms with Crippen molar-refractivity contribution in [3.63, 3.8) is 0 Å². The Bertz CT molecular complexity index is 689. The molecule has 1 aliphatic heterocycles. The third-order valence-corrected chi connectivity index (χ3v) is 3.17. The number of nitrogens with one attached hydrogen (secondary N) is 2. The summed E-state index contributed by atoms with van der Waals surface area (Å²) in [7, 11) is 0. The maximum absolute atomic E-state index is 11.4. The Morgan fingerprint density at radius 3 is 2.94 bits per heavy atom. The maximum Gasteiger partial charge on any atom is 0.252 e. The van der Waals surface area contributed by atoms with Crippen molar-refractivity contribution in [2.24, 2.45) is 0 Å². The number of benzene rings is 1. The van der Waals surface area contributed by atoms with Gasteiger partial charge in [-0.15, -0.1) is 0 Å². The van der Waals surface area contributed by atoms with Crippen molar-refractivity contribution in [2.75, 3.05) is 0 Å². The summed E-state index contributed by atoms with van der Waals surface area (Å²) in [5, 5.41) is 0. The molecule has 1 aliphatic rings. The Balaban J connectivity index is 2.11. The number of aromatic amines is 2. The van der Waals surface area contributed by atoms with Gasteiger partial charge in [0.25, 0.3) is 5.56 Å². The molecule has 18 heavy (non-hydrogen) atoms. The molecule has 0 amide bonds. The van der Waals surface area contributed by atoms with Gasteiger partial charge in [-0.05, 0) is 48.5 Å². The Labute approximate surface area is 109 Å². The highest BCUT2D eigenvalue weighted by Gasteiger charge is 2.19. The molecule has 1 aromatic carbocycles. The van der Waals surface area contributed by atoms with Crippen LogP contribution < -0.4 is 10.3 Å². The molecule has 0 bridgehead atoms. The predicted molar refractivity (Wildman–Crippen MR) is 71.5 cm³/mol. The topological polar surface area (TPSA) is 57.9 Å². The molecule has 2 heterocycles. The number of aromatic nitrogens is 2. The number of H-pyrrole nitrogens is 2. The molecule has 92 valence electrons. The molecule has 2 aromatic rings. The molecule has 1 aromatic heterocycles. The fourth-order valence-electron chi connectivity index (χ4n) is 2.21. The van der Waals surface area contributed by atoms with E-state index in [2.05, 4.69) is 9.97 Å². The monoisotopic (exact) mass is 260 g/mol. The number of hydrogen-bond acceptors (Lipinski definition) is 3. The standard InChI is InChI=1S/C13H12N2O2S/c1-7-4-9-5-8(2-3-11(9)17-7)10-6-12(16)15-13(18)14-10/h2-3,5-7H,4H2,1H3,(H2,14,15,16,18). The van der Waals surface area contributed by atoms with Crippen LogP contribution in [0.25, 0.3) is 11.3 Å². The first-order valence-corrected chi connectivity index (χ1v) is 6.16. The minimum Gasteiger partial charge on any atom is -0.490 e. The number of ether oxygens (including phenoxy) is 1. The molecule has 4 nitrogen and oxygen atoms in total. The van der Waals surface area contributed by atoms with Crippen molar-refractivity contribution in [2.45, 2.75) is 19.4 Å².